The molecule has 5 heteroatoms. The fourth-order valence-corrected chi connectivity index (χ4v) is 2.23. The van der Waals surface area contributed by atoms with E-state index in [1.807, 2.05) is 4.57 Å². The molecule has 2 aromatic rings. The first-order valence-corrected chi connectivity index (χ1v) is 6.14. The summed E-state index contributed by atoms with van der Waals surface area (Å²) in [4.78, 5) is 0. The largest absolute Gasteiger partial charge is 0.305 e. The quantitative estimate of drug-likeness (QED) is 0.603. The van der Waals surface area contributed by atoms with Crippen LogP contribution >= 0.6 is 11.8 Å². The van der Waals surface area contributed by atoms with Crippen molar-refractivity contribution in [1.82, 2.24) is 14.8 Å². The van der Waals surface area contributed by atoms with E-state index in [9.17, 15) is 4.39 Å². The van der Waals surface area contributed by atoms with Crippen molar-refractivity contribution in [3.05, 3.63) is 54.6 Å². The van der Waals surface area contributed by atoms with Crippen molar-refractivity contribution in [1.29, 1.82) is 0 Å². The summed E-state index contributed by atoms with van der Waals surface area (Å²) in [6.45, 7) is 4.37. The molecule has 17 heavy (non-hydrogen) atoms. The van der Waals surface area contributed by atoms with E-state index >= 15 is 0 Å². The lowest BCUT2D eigenvalue weighted by Crippen LogP contribution is -1.95. The number of benzene rings is 1. The Hall–Kier alpha value is -1.62. The van der Waals surface area contributed by atoms with Crippen molar-refractivity contribution in [2.75, 3.05) is 0 Å². The Morgan fingerprint density at radius 3 is 2.82 bits per heavy atom. The van der Waals surface area contributed by atoms with E-state index in [1.54, 1.807) is 36.3 Å². The first kappa shape index (κ1) is 11.9. The highest BCUT2D eigenvalue weighted by molar-refractivity contribution is 7.98. The monoisotopic (exact) mass is 249 g/mol. The molecule has 3 nitrogen and oxygen atoms in total. The van der Waals surface area contributed by atoms with Crippen LogP contribution in [0.1, 0.15) is 5.56 Å². The average molecular weight is 249 g/mol. The summed E-state index contributed by atoms with van der Waals surface area (Å²) in [5.74, 6) is 0.532. The molecule has 1 aromatic heterocycles. The smallest absolute Gasteiger partial charge is 0.191 e. The van der Waals surface area contributed by atoms with Gasteiger partial charge in [0.05, 0.1) is 0 Å². The molecule has 0 saturated heterocycles. The molecule has 0 spiro atoms. The Labute approximate surface area is 103 Å². The van der Waals surface area contributed by atoms with Gasteiger partial charge in [0.2, 0.25) is 0 Å². The standard InChI is InChI=1S/C12H12FN3S/c1-2-7-16-9-14-15-12(16)17-8-10-3-5-11(13)6-4-10/h2-6,9H,1,7-8H2. The van der Waals surface area contributed by atoms with Crippen LogP contribution in [0.4, 0.5) is 4.39 Å². The van der Waals surface area contributed by atoms with Crippen molar-refractivity contribution in [2.45, 2.75) is 17.5 Å². The first-order chi connectivity index (χ1) is 8.29. The van der Waals surface area contributed by atoms with Crippen molar-refractivity contribution in [3.63, 3.8) is 0 Å². The zero-order valence-electron chi connectivity index (χ0n) is 9.21. The molecule has 0 amide bonds. The molecule has 0 unspecified atom stereocenters. The fourth-order valence-electron chi connectivity index (χ4n) is 1.35. The number of hydrogen-bond donors (Lipinski definition) is 0. The van der Waals surface area contributed by atoms with E-state index in [-0.39, 0.29) is 5.82 Å². The normalized spacial score (nSPS) is 10.4. The third-order valence-electron chi connectivity index (χ3n) is 2.19. The molecule has 2 rings (SSSR count). The summed E-state index contributed by atoms with van der Waals surface area (Å²) in [6.07, 6.45) is 3.47. The number of thioether (sulfide) groups is 1. The summed E-state index contributed by atoms with van der Waals surface area (Å²) >= 11 is 1.57. The van der Waals surface area contributed by atoms with Gasteiger partial charge in [0.1, 0.15) is 12.1 Å². The SMILES string of the molecule is C=CCn1cnnc1SCc1ccc(F)cc1. The predicted octanol–water partition coefficient (Wildman–Crippen LogP) is 2.90. The van der Waals surface area contributed by atoms with Crippen LogP contribution in [0.3, 0.4) is 0 Å². The minimum absolute atomic E-state index is 0.214. The molecule has 0 aliphatic heterocycles. The molecule has 88 valence electrons. The minimum atomic E-state index is -0.214. The highest BCUT2D eigenvalue weighted by atomic mass is 32.2. The maximum absolute atomic E-state index is 12.7. The Kier molecular flexibility index (Phi) is 3.93. The highest BCUT2D eigenvalue weighted by Gasteiger charge is 2.04. The minimum Gasteiger partial charge on any atom is -0.305 e. The Bertz CT molecular complexity index is 493. The summed E-state index contributed by atoms with van der Waals surface area (Å²) in [5.41, 5.74) is 1.06. The molecule has 0 radical (unpaired) electrons. The summed E-state index contributed by atoms with van der Waals surface area (Å²) in [7, 11) is 0. The maximum atomic E-state index is 12.7. The van der Waals surface area contributed by atoms with Gasteiger partial charge in [-0.1, -0.05) is 30.0 Å². The lowest BCUT2D eigenvalue weighted by molar-refractivity contribution is 0.627. The van der Waals surface area contributed by atoms with Gasteiger partial charge in [-0.05, 0) is 17.7 Å². The molecule has 0 aliphatic rings. The van der Waals surface area contributed by atoms with E-state index in [2.05, 4.69) is 16.8 Å². The first-order valence-electron chi connectivity index (χ1n) is 5.15. The van der Waals surface area contributed by atoms with Gasteiger partial charge in [0, 0.05) is 12.3 Å². The molecule has 1 aromatic carbocycles. The third-order valence-corrected chi connectivity index (χ3v) is 3.24. The topological polar surface area (TPSA) is 30.7 Å². The van der Waals surface area contributed by atoms with Crippen LogP contribution in [0.15, 0.2) is 48.4 Å². The van der Waals surface area contributed by atoms with Gasteiger partial charge in [-0.3, -0.25) is 0 Å². The van der Waals surface area contributed by atoms with E-state index in [1.165, 1.54) is 12.1 Å². The average Bonchev–Trinajstić information content (AvgIpc) is 2.77. The summed E-state index contributed by atoms with van der Waals surface area (Å²) in [5, 5.41) is 8.71. The van der Waals surface area contributed by atoms with Gasteiger partial charge in [0.15, 0.2) is 5.16 Å². The number of rotatable bonds is 5. The second-order valence-electron chi connectivity index (χ2n) is 3.47. The Morgan fingerprint density at radius 1 is 1.35 bits per heavy atom. The van der Waals surface area contributed by atoms with Gasteiger partial charge in [-0.25, -0.2) is 4.39 Å². The lowest BCUT2D eigenvalue weighted by atomic mass is 10.2. The van der Waals surface area contributed by atoms with Crippen LogP contribution in [0.2, 0.25) is 0 Å². The summed E-state index contributed by atoms with van der Waals surface area (Å²) < 4.78 is 14.6. The van der Waals surface area contributed by atoms with Crippen molar-refractivity contribution >= 4 is 11.8 Å². The number of nitrogens with zero attached hydrogens (tertiary/aromatic N) is 3. The zero-order valence-corrected chi connectivity index (χ0v) is 10.0. The molecular weight excluding hydrogens is 237 g/mol. The van der Waals surface area contributed by atoms with E-state index < -0.39 is 0 Å². The third kappa shape index (κ3) is 3.17. The lowest BCUT2D eigenvalue weighted by Gasteiger charge is -2.03. The number of allylic oxidation sites excluding steroid dienone is 1. The maximum Gasteiger partial charge on any atom is 0.191 e. The van der Waals surface area contributed by atoms with E-state index in [0.29, 0.717) is 6.54 Å². The second-order valence-corrected chi connectivity index (χ2v) is 4.41. The van der Waals surface area contributed by atoms with Gasteiger partial charge in [-0.15, -0.1) is 16.8 Å². The molecule has 0 bridgehead atoms. The van der Waals surface area contributed by atoms with Gasteiger partial charge in [-0.2, -0.15) is 0 Å². The van der Waals surface area contributed by atoms with Gasteiger partial charge < -0.3 is 4.57 Å². The predicted molar refractivity (Wildman–Crippen MR) is 66.2 cm³/mol. The van der Waals surface area contributed by atoms with Crippen LogP contribution in [-0.2, 0) is 12.3 Å². The van der Waals surface area contributed by atoms with Crippen molar-refractivity contribution in [2.24, 2.45) is 0 Å². The molecule has 0 fully saturated rings. The molecule has 0 atom stereocenters. The number of aromatic nitrogens is 3. The highest BCUT2D eigenvalue weighted by Crippen LogP contribution is 2.20. The Morgan fingerprint density at radius 2 is 2.12 bits per heavy atom. The van der Waals surface area contributed by atoms with Gasteiger partial charge in [0.25, 0.3) is 0 Å². The van der Waals surface area contributed by atoms with Crippen LogP contribution in [0.25, 0.3) is 0 Å². The van der Waals surface area contributed by atoms with Crippen molar-refractivity contribution < 1.29 is 4.39 Å². The van der Waals surface area contributed by atoms with Crippen LogP contribution < -0.4 is 0 Å². The molecule has 0 aliphatic carbocycles. The molecular formula is C12H12FN3S. The van der Waals surface area contributed by atoms with Crippen LogP contribution in [0, 0.1) is 5.82 Å². The zero-order chi connectivity index (χ0) is 12.1. The number of halogens is 1. The summed E-state index contributed by atoms with van der Waals surface area (Å²) in [6, 6.07) is 6.47. The molecule has 0 N–H and O–H groups in total. The fraction of sp³-hybridized carbons (Fsp3) is 0.167. The van der Waals surface area contributed by atoms with E-state index in [4.69, 9.17) is 0 Å². The van der Waals surface area contributed by atoms with Gasteiger partial charge >= 0.3 is 0 Å². The van der Waals surface area contributed by atoms with Crippen molar-refractivity contribution in [3.8, 4) is 0 Å². The Balaban J connectivity index is 1.99. The molecule has 0 saturated carbocycles. The van der Waals surface area contributed by atoms with Crippen LogP contribution in [-0.4, -0.2) is 14.8 Å². The number of hydrogen-bond acceptors (Lipinski definition) is 3. The molecule has 1 heterocycles. The van der Waals surface area contributed by atoms with E-state index in [0.717, 1.165) is 16.5 Å². The van der Waals surface area contributed by atoms with Crippen LogP contribution in [0.5, 0.6) is 0 Å². The second kappa shape index (κ2) is 5.63.